The zero-order valence-electron chi connectivity index (χ0n) is 26.5. The molecule has 0 unspecified atom stereocenters. The number of aliphatic carboxylic acids is 1. The summed E-state index contributed by atoms with van der Waals surface area (Å²) in [4.78, 5) is 39.7. The number of carboxylic acids is 1. The van der Waals surface area contributed by atoms with Crippen LogP contribution in [0.5, 0.6) is 0 Å². The van der Waals surface area contributed by atoms with E-state index in [-0.39, 0.29) is 30.1 Å². The number of aliphatic hydroxyl groups is 2. The van der Waals surface area contributed by atoms with Crippen molar-refractivity contribution in [2.45, 2.75) is 60.7 Å². The Labute approximate surface area is 269 Å². The molecule has 4 rings (SSSR count). The summed E-state index contributed by atoms with van der Waals surface area (Å²) in [6.07, 6.45) is 12.5. The van der Waals surface area contributed by atoms with Crippen molar-refractivity contribution in [3.05, 3.63) is 83.7 Å². The van der Waals surface area contributed by atoms with Gasteiger partial charge >= 0.3 is 24.8 Å². The fraction of sp³-hybridized carbons (Fsp3) is 0.333. The maximum atomic E-state index is 11.5. The number of nitrogens with zero attached hydrogens (tertiary/aromatic N) is 4. The number of pyridine rings is 4. The van der Waals surface area contributed by atoms with Gasteiger partial charge < -0.3 is 20.8 Å². The predicted molar refractivity (Wildman–Crippen MR) is 166 cm³/mol. The van der Waals surface area contributed by atoms with Gasteiger partial charge in [0, 0.05) is 28.6 Å². The molecule has 11 heteroatoms. The smallest absolute Gasteiger partial charge is 0.870 e. The monoisotopic (exact) mass is 594 g/mol. The number of carbonyl (C=O) groups excluding carboxylic acids is 1. The van der Waals surface area contributed by atoms with E-state index in [4.69, 9.17) is 5.11 Å². The Morgan fingerprint density at radius 1 is 0.705 bits per heavy atom. The number of carbonyl (C=O) groups is 2. The van der Waals surface area contributed by atoms with Crippen LogP contribution in [0.2, 0.25) is 0 Å². The number of hydrogen-bond donors (Lipinski definition) is 3. The van der Waals surface area contributed by atoms with Crippen molar-refractivity contribution in [1.82, 2.24) is 19.9 Å². The fourth-order valence-electron chi connectivity index (χ4n) is 3.55. The zero-order chi connectivity index (χ0) is 31.2. The van der Waals surface area contributed by atoms with Crippen molar-refractivity contribution in [1.29, 1.82) is 0 Å². The van der Waals surface area contributed by atoms with Gasteiger partial charge in [-0.2, -0.15) is 0 Å². The molecule has 0 radical (unpaired) electrons. The number of allylic oxidation sites excluding steroid dienone is 1. The minimum absolute atomic E-state index is 0. The van der Waals surface area contributed by atoms with E-state index in [0.717, 1.165) is 38.6 Å². The van der Waals surface area contributed by atoms with E-state index < -0.39 is 29.0 Å². The number of hydrogen-bond acceptors (Lipinski definition) is 9. The number of ketones is 1. The Morgan fingerprint density at radius 3 is 1.43 bits per heavy atom. The first-order valence-electron chi connectivity index (χ1n) is 13.6. The Kier molecular flexibility index (Phi) is 13.7. The molecule has 0 saturated carbocycles. The van der Waals surface area contributed by atoms with Gasteiger partial charge in [0.15, 0.2) is 0 Å². The molecular formula is C33H39LiN4O6. The molecule has 2 atom stereocenters. The molecule has 0 aliphatic carbocycles. The third kappa shape index (κ3) is 10.2. The average Bonchev–Trinajstić information content (AvgIpc) is 2.94. The molecule has 228 valence electrons. The molecular weight excluding hydrogens is 555 g/mol. The molecule has 0 aliphatic rings. The van der Waals surface area contributed by atoms with Crippen LogP contribution in [0.25, 0.3) is 34.0 Å². The van der Waals surface area contributed by atoms with E-state index in [1.54, 1.807) is 71.6 Å². The van der Waals surface area contributed by atoms with Crippen LogP contribution >= 0.6 is 0 Å². The predicted octanol–water partition coefficient (Wildman–Crippen LogP) is 2.95. The maximum absolute atomic E-state index is 11.5. The second-order valence-electron chi connectivity index (χ2n) is 11.5. The maximum Gasteiger partial charge on any atom is 1.00 e. The Hall–Kier alpha value is -3.78. The summed E-state index contributed by atoms with van der Waals surface area (Å²) < 4.78 is 0. The summed E-state index contributed by atoms with van der Waals surface area (Å²) in [7, 11) is 0. The van der Waals surface area contributed by atoms with Crippen LogP contribution in [0, 0.1) is 10.8 Å². The number of rotatable bonds is 8. The van der Waals surface area contributed by atoms with Gasteiger partial charge in [-0.05, 0) is 96.0 Å². The van der Waals surface area contributed by atoms with E-state index >= 15 is 0 Å². The van der Waals surface area contributed by atoms with Gasteiger partial charge in [0.1, 0.15) is 5.78 Å². The minimum atomic E-state index is -0.948. The molecule has 44 heavy (non-hydrogen) atoms. The minimum Gasteiger partial charge on any atom is -0.870 e. The van der Waals surface area contributed by atoms with E-state index in [9.17, 15) is 19.8 Å². The molecule has 0 aliphatic heterocycles. The van der Waals surface area contributed by atoms with Crippen LogP contribution in [-0.2, 0) is 9.59 Å². The van der Waals surface area contributed by atoms with Crippen molar-refractivity contribution in [2.24, 2.45) is 10.8 Å². The fourth-order valence-corrected chi connectivity index (χ4v) is 3.55. The second kappa shape index (κ2) is 15.8. The largest absolute Gasteiger partial charge is 1.00 e. The van der Waals surface area contributed by atoms with Crippen LogP contribution in [0.4, 0.5) is 0 Å². The average molecular weight is 595 g/mol. The standard InChI is InChI=1S/C17H20N2O2.C16H18N2O3.Li.H2O/c1-11(20)14-7-13-8-15(18-10-16(13)19-9-14)5-6-17(3,4)12(2)21;1-10(19)12-6-11-7-13(17-9-14(11)18-8-12)4-5-16(2,3)15(20)21;;/h5-11,20H,1-4H3;4-10,19H,1-3H3,(H,20,21);;1H2/q;;+1;/p-1/b6-5+;5-4+;;/t11-;10-;;/m11../s1. The Bertz CT molecular complexity index is 1540. The quantitative estimate of drug-likeness (QED) is 0.257. The SMILES string of the molecule is CC(=O)C(C)(C)/C=C/c1cc2cc([C@@H](C)O)cnc2cn1.C[C@@H](O)c1cnc2cnc(/C=C/C(C)(C)C(=O)O)cc2c1.[Li+].[OH-]. The molecule has 0 saturated heterocycles. The summed E-state index contributed by atoms with van der Waals surface area (Å²) in [5.41, 5.74) is 2.98. The molecule has 4 aromatic rings. The number of aliphatic hydroxyl groups excluding tert-OH is 2. The summed E-state index contributed by atoms with van der Waals surface area (Å²) in [6.45, 7) is 12.0. The molecule has 4 aromatic heterocycles. The van der Waals surface area contributed by atoms with Crippen molar-refractivity contribution >= 4 is 45.7 Å². The van der Waals surface area contributed by atoms with Crippen LogP contribution in [0.15, 0.2) is 61.2 Å². The number of Topliss-reactive ketones (excluding diaryl/α,β-unsaturated/α-hetero) is 1. The van der Waals surface area contributed by atoms with Crippen molar-refractivity contribution < 1.29 is 49.2 Å². The summed E-state index contributed by atoms with van der Waals surface area (Å²) in [5.74, 6) is -0.782. The normalized spacial score (nSPS) is 13.1. The van der Waals surface area contributed by atoms with Crippen molar-refractivity contribution in [3.63, 3.8) is 0 Å². The van der Waals surface area contributed by atoms with Gasteiger partial charge in [-0.25, -0.2) is 0 Å². The Balaban J connectivity index is 0.000000421. The molecule has 0 bridgehead atoms. The van der Waals surface area contributed by atoms with Crippen LogP contribution in [0.3, 0.4) is 0 Å². The molecule has 0 spiro atoms. The molecule has 0 fully saturated rings. The first kappa shape index (κ1) is 38.2. The Morgan fingerprint density at radius 2 is 1.09 bits per heavy atom. The molecule has 4 heterocycles. The van der Waals surface area contributed by atoms with E-state index in [1.807, 2.05) is 50.3 Å². The van der Waals surface area contributed by atoms with Gasteiger partial charge in [-0.1, -0.05) is 12.2 Å². The first-order valence-corrected chi connectivity index (χ1v) is 13.6. The summed E-state index contributed by atoms with van der Waals surface area (Å²) in [6, 6.07) is 7.49. The van der Waals surface area contributed by atoms with E-state index in [1.165, 1.54) is 0 Å². The van der Waals surface area contributed by atoms with Gasteiger partial charge in [0.25, 0.3) is 0 Å². The number of aromatic nitrogens is 4. The topological polar surface area (TPSA) is 176 Å². The number of carboxylic acid groups (broad SMARTS) is 1. The van der Waals surface area contributed by atoms with Crippen LogP contribution in [-0.4, -0.2) is 52.5 Å². The number of fused-ring (bicyclic) bond motifs is 2. The molecule has 0 aromatic carbocycles. The van der Waals surface area contributed by atoms with Crippen LogP contribution in [0.1, 0.15) is 83.2 Å². The van der Waals surface area contributed by atoms with Gasteiger partial charge in [0.05, 0.1) is 52.4 Å². The van der Waals surface area contributed by atoms with Crippen molar-refractivity contribution in [2.75, 3.05) is 0 Å². The second-order valence-corrected chi connectivity index (χ2v) is 11.5. The summed E-state index contributed by atoms with van der Waals surface area (Å²) in [5, 5.41) is 30.1. The zero-order valence-corrected chi connectivity index (χ0v) is 26.5. The molecule has 0 amide bonds. The van der Waals surface area contributed by atoms with Gasteiger partial charge in [-0.15, -0.1) is 0 Å². The third-order valence-electron chi connectivity index (χ3n) is 6.98. The van der Waals surface area contributed by atoms with Crippen molar-refractivity contribution in [3.8, 4) is 0 Å². The van der Waals surface area contributed by atoms with Gasteiger partial charge in [-0.3, -0.25) is 29.5 Å². The van der Waals surface area contributed by atoms with E-state index in [2.05, 4.69) is 19.9 Å². The third-order valence-corrected chi connectivity index (χ3v) is 6.98. The van der Waals surface area contributed by atoms with E-state index in [0.29, 0.717) is 5.69 Å². The van der Waals surface area contributed by atoms with Crippen LogP contribution < -0.4 is 18.9 Å². The molecule has 10 nitrogen and oxygen atoms in total. The molecule has 4 N–H and O–H groups in total. The first-order chi connectivity index (χ1) is 19.6. The summed E-state index contributed by atoms with van der Waals surface area (Å²) >= 11 is 0. The van der Waals surface area contributed by atoms with Gasteiger partial charge in [0.2, 0.25) is 0 Å².